The number of methoxy groups -OCH3 is 1. The van der Waals surface area contributed by atoms with Gasteiger partial charge in [-0.2, -0.15) is 0 Å². The zero-order chi connectivity index (χ0) is 20.8. The molecule has 12 nitrogen and oxygen atoms in total. The first-order valence-electron chi connectivity index (χ1n) is 7.75. The van der Waals surface area contributed by atoms with Gasteiger partial charge in [0, 0.05) is 17.5 Å². The van der Waals surface area contributed by atoms with Gasteiger partial charge in [0.15, 0.2) is 6.04 Å². The van der Waals surface area contributed by atoms with Crippen molar-refractivity contribution in [1.82, 2.24) is 10.6 Å². The highest BCUT2D eigenvalue weighted by atomic mass is 16.6. The van der Waals surface area contributed by atoms with Crippen LogP contribution < -0.4 is 16.3 Å². The molecule has 12 heteroatoms. The van der Waals surface area contributed by atoms with Gasteiger partial charge in [-0.05, 0) is 12.1 Å². The number of aliphatic hydroxyl groups excluding tert-OH is 1. The molecule has 0 bridgehead atoms. The summed E-state index contributed by atoms with van der Waals surface area (Å²) in [5, 5.41) is 24.3. The van der Waals surface area contributed by atoms with E-state index in [1.165, 1.54) is 6.07 Å². The highest BCUT2D eigenvalue weighted by molar-refractivity contribution is 5.98. The van der Waals surface area contributed by atoms with Crippen LogP contribution in [0.5, 0.6) is 0 Å². The van der Waals surface area contributed by atoms with Crippen molar-refractivity contribution in [2.24, 2.45) is 0 Å². The van der Waals surface area contributed by atoms with Crippen molar-refractivity contribution in [2.45, 2.75) is 6.04 Å². The van der Waals surface area contributed by atoms with Crippen LogP contribution in [0.25, 0.3) is 11.0 Å². The Kier molecular flexibility index (Phi) is 6.39. The Morgan fingerprint density at radius 2 is 2.04 bits per heavy atom. The summed E-state index contributed by atoms with van der Waals surface area (Å²) in [5.41, 5.74) is -1.67. The maximum Gasteiger partial charge on any atom is 0.349 e. The Balaban J connectivity index is 2.13. The first kappa shape index (κ1) is 20.5. The zero-order valence-corrected chi connectivity index (χ0v) is 14.5. The summed E-state index contributed by atoms with van der Waals surface area (Å²) >= 11 is 0. The van der Waals surface area contributed by atoms with E-state index in [0.717, 1.165) is 25.3 Å². The minimum absolute atomic E-state index is 0.0498. The topological polar surface area (TPSA) is 178 Å². The van der Waals surface area contributed by atoms with Crippen molar-refractivity contribution in [3.8, 4) is 0 Å². The first-order chi connectivity index (χ1) is 13.3. The van der Waals surface area contributed by atoms with Gasteiger partial charge in [0.2, 0.25) is 5.91 Å². The lowest BCUT2D eigenvalue weighted by Crippen LogP contribution is -2.48. The number of nitro groups is 1. The number of rotatable bonds is 7. The number of non-ortho nitro benzene ring substituents is 1. The van der Waals surface area contributed by atoms with Crippen molar-refractivity contribution >= 4 is 34.4 Å². The molecule has 1 heterocycles. The van der Waals surface area contributed by atoms with E-state index in [-0.39, 0.29) is 16.7 Å². The van der Waals surface area contributed by atoms with Crippen LogP contribution in [0.1, 0.15) is 10.4 Å². The second-order valence-corrected chi connectivity index (χ2v) is 5.44. The molecule has 148 valence electrons. The van der Waals surface area contributed by atoms with E-state index < -0.39 is 53.1 Å². The molecule has 0 saturated heterocycles. The molecule has 0 aliphatic carbocycles. The Hall–Kier alpha value is -3.80. The summed E-state index contributed by atoms with van der Waals surface area (Å²) in [6, 6.07) is 3.30. The second-order valence-electron chi connectivity index (χ2n) is 5.44. The number of amides is 2. The minimum atomic E-state index is -1.30. The highest BCUT2D eigenvalue weighted by Crippen LogP contribution is 2.20. The van der Waals surface area contributed by atoms with Crippen molar-refractivity contribution < 1.29 is 33.6 Å². The molecule has 3 N–H and O–H groups in total. The van der Waals surface area contributed by atoms with Crippen molar-refractivity contribution in [3.63, 3.8) is 0 Å². The summed E-state index contributed by atoms with van der Waals surface area (Å²) in [4.78, 5) is 57.3. The number of esters is 1. The van der Waals surface area contributed by atoms with E-state index >= 15 is 0 Å². The van der Waals surface area contributed by atoms with Gasteiger partial charge in [0.25, 0.3) is 11.6 Å². The first-order valence-corrected chi connectivity index (χ1v) is 7.75. The number of nitrogens with zero attached hydrogens (tertiary/aromatic N) is 1. The molecule has 0 aliphatic rings. The average molecular weight is 393 g/mol. The molecule has 0 aliphatic heterocycles. The van der Waals surface area contributed by atoms with Gasteiger partial charge in [-0.15, -0.1) is 0 Å². The average Bonchev–Trinajstić information content (AvgIpc) is 2.68. The smallest absolute Gasteiger partial charge is 0.349 e. The molecule has 0 fully saturated rings. The Bertz CT molecular complexity index is 999. The molecule has 1 unspecified atom stereocenters. The standard InChI is InChI=1S/C16H15N3O9/c1-27-16(24)11(7-20)18-13(21)6-17-14(22)10-5-8-4-9(19(25)26)2-3-12(8)28-15(10)23/h2-5,11,20H,6-7H2,1H3,(H,17,22)(H,18,21). The van der Waals surface area contributed by atoms with E-state index in [9.17, 15) is 29.3 Å². The van der Waals surface area contributed by atoms with Gasteiger partial charge in [-0.1, -0.05) is 0 Å². The molecule has 1 aromatic heterocycles. The Labute approximate surface area is 156 Å². The number of carbonyl (C=O) groups is 3. The molecule has 2 amide bonds. The molecular formula is C16H15N3O9. The molecule has 0 spiro atoms. The quantitative estimate of drug-likeness (QED) is 0.232. The fourth-order valence-corrected chi connectivity index (χ4v) is 2.21. The van der Waals surface area contributed by atoms with Gasteiger partial charge in [-0.25, -0.2) is 9.59 Å². The molecule has 1 aromatic carbocycles. The third-order valence-electron chi connectivity index (χ3n) is 3.58. The minimum Gasteiger partial charge on any atom is -0.467 e. The summed E-state index contributed by atoms with van der Waals surface area (Å²) in [6.45, 7) is -1.32. The number of benzene rings is 1. The van der Waals surface area contributed by atoms with E-state index in [1.54, 1.807) is 0 Å². The number of fused-ring (bicyclic) bond motifs is 1. The fraction of sp³-hybridized carbons (Fsp3) is 0.250. The van der Waals surface area contributed by atoms with E-state index in [1.807, 2.05) is 0 Å². The van der Waals surface area contributed by atoms with Crippen LogP contribution in [-0.4, -0.2) is 54.1 Å². The number of aliphatic hydroxyl groups is 1. The lowest BCUT2D eigenvalue weighted by atomic mass is 10.1. The van der Waals surface area contributed by atoms with Gasteiger partial charge in [0.1, 0.15) is 11.1 Å². The molecule has 0 radical (unpaired) electrons. The third kappa shape index (κ3) is 4.67. The number of hydrogen-bond donors (Lipinski definition) is 3. The van der Waals surface area contributed by atoms with Gasteiger partial charge < -0.3 is 24.9 Å². The van der Waals surface area contributed by atoms with Gasteiger partial charge >= 0.3 is 11.6 Å². The summed E-state index contributed by atoms with van der Waals surface area (Å²) in [6.07, 6.45) is 0. The number of carbonyl (C=O) groups excluding carboxylic acids is 3. The van der Waals surface area contributed by atoms with Crippen molar-refractivity contribution in [1.29, 1.82) is 0 Å². The molecule has 2 aromatic rings. The largest absolute Gasteiger partial charge is 0.467 e. The SMILES string of the molecule is COC(=O)C(CO)NC(=O)CNC(=O)c1cc2cc([N+](=O)[O-])ccc2oc1=O. The lowest BCUT2D eigenvalue weighted by molar-refractivity contribution is -0.384. The van der Waals surface area contributed by atoms with E-state index in [0.29, 0.717) is 0 Å². The van der Waals surface area contributed by atoms with Crippen molar-refractivity contribution in [3.05, 3.63) is 50.4 Å². The predicted octanol–water partition coefficient (Wildman–Crippen LogP) is -0.919. The lowest BCUT2D eigenvalue weighted by Gasteiger charge is -2.14. The molecule has 1 atom stereocenters. The van der Waals surface area contributed by atoms with Crippen LogP contribution in [0.2, 0.25) is 0 Å². The van der Waals surface area contributed by atoms with E-state index in [4.69, 9.17) is 9.52 Å². The van der Waals surface area contributed by atoms with Crippen LogP contribution in [0.15, 0.2) is 33.5 Å². The van der Waals surface area contributed by atoms with Crippen LogP contribution >= 0.6 is 0 Å². The fourth-order valence-electron chi connectivity index (χ4n) is 2.21. The van der Waals surface area contributed by atoms with Crippen LogP contribution in [0, 0.1) is 10.1 Å². The Morgan fingerprint density at radius 1 is 1.32 bits per heavy atom. The molecule has 28 heavy (non-hydrogen) atoms. The summed E-state index contributed by atoms with van der Waals surface area (Å²) < 4.78 is 9.33. The third-order valence-corrected chi connectivity index (χ3v) is 3.58. The van der Waals surface area contributed by atoms with Crippen LogP contribution in [0.4, 0.5) is 5.69 Å². The maximum atomic E-state index is 12.2. The Morgan fingerprint density at radius 3 is 2.64 bits per heavy atom. The second kappa shape index (κ2) is 8.73. The number of nitro benzene ring substituents is 1. The number of ether oxygens (including phenoxy) is 1. The number of nitrogens with one attached hydrogen (secondary N) is 2. The molecule has 0 saturated carbocycles. The summed E-state index contributed by atoms with van der Waals surface area (Å²) in [7, 11) is 1.07. The normalized spacial score (nSPS) is 11.5. The van der Waals surface area contributed by atoms with Gasteiger partial charge in [0.05, 0.1) is 25.2 Å². The zero-order valence-electron chi connectivity index (χ0n) is 14.5. The van der Waals surface area contributed by atoms with Crippen LogP contribution in [0.3, 0.4) is 0 Å². The van der Waals surface area contributed by atoms with Crippen LogP contribution in [-0.2, 0) is 14.3 Å². The molecule has 2 rings (SSSR count). The maximum absolute atomic E-state index is 12.2. The van der Waals surface area contributed by atoms with Crippen molar-refractivity contribution in [2.75, 3.05) is 20.3 Å². The summed E-state index contributed by atoms with van der Waals surface area (Å²) in [5.74, 6) is -2.66. The monoisotopic (exact) mass is 393 g/mol. The highest BCUT2D eigenvalue weighted by Gasteiger charge is 2.21. The van der Waals surface area contributed by atoms with E-state index in [2.05, 4.69) is 15.4 Å². The van der Waals surface area contributed by atoms with Gasteiger partial charge in [-0.3, -0.25) is 19.7 Å². The number of hydrogen-bond acceptors (Lipinski definition) is 9. The molecular weight excluding hydrogens is 378 g/mol. The predicted molar refractivity (Wildman–Crippen MR) is 92.5 cm³/mol.